The Kier molecular flexibility index (Phi) is 10.2. The number of hydrogen-bond acceptors (Lipinski definition) is 7. The minimum absolute atomic E-state index is 0.226. The van der Waals surface area contributed by atoms with Crippen LogP contribution in [0.15, 0.2) is 30.3 Å². The smallest absolute Gasteiger partial charge is 0.326 e. The molecule has 1 aliphatic heterocycles. The minimum Gasteiger partial charge on any atom is -0.480 e. The number of ether oxygens (including phenoxy) is 1. The molecule has 31 heavy (non-hydrogen) atoms. The molecule has 9 heteroatoms. The highest BCUT2D eigenvalue weighted by Crippen LogP contribution is 2.46. The van der Waals surface area contributed by atoms with Crippen LogP contribution in [0, 0.1) is 0 Å². The van der Waals surface area contributed by atoms with Gasteiger partial charge in [-0.25, -0.2) is 4.79 Å². The molecule has 0 bridgehead atoms. The highest BCUT2D eigenvalue weighted by Gasteiger charge is 2.37. The first kappa shape index (κ1) is 25.5. The van der Waals surface area contributed by atoms with E-state index in [1.165, 1.54) is 0 Å². The number of benzene rings is 1. The summed E-state index contributed by atoms with van der Waals surface area (Å²) in [5, 5.41) is 15.3. The van der Waals surface area contributed by atoms with Gasteiger partial charge in [0.2, 0.25) is 5.91 Å². The zero-order valence-corrected chi connectivity index (χ0v) is 19.9. The second-order valence-corrected chi connectivity index (χ2v) is 11.1. The lowest BCUT2D eigenvalue weighted by atomic mass is 10.0. The number of carbonyl (C=O) groups excluding carboxylic acids is 2. The Hall–Kier alpha value is -1.71. The summed E-state index contributed by atoms with van der Waals surface area (Å²) >= 11 is 3.44. The molecule has 1 amide bonds. The maximum absolute atomic E-state index is 12.7. The predicted octanol–water partition coefficient (Wildman–Crippen LogP) is 2.68. The van der Waals surface area contributed by atoms with Crippen LogP contribution in [0.2, 0.25) is 0 Å². The van der Waals surface area contributed by atoms with Crippen molar-refractivity contribution >= 4 is 41.4 Å². The Balaban J connectivity index is 1.97. The summed E-state index contributed by atoms with van der Waals surface area (Å²) in [5.41, 5.74) is 1.08. The Labute approximate surface area is 192 Å². The van der Waals surface area contributed by atoms with Gasteiger partial charge in [-0.15, -0.1) is 23.5 Å². The number of rotatable bonds is 12. The number of aliphatic carboxylic acids is 1. The summed E-state index contributed by atoms with van der Waals surface area (Å²) in [5.74, 6) is 0.0300. The molecular weight excluding hydrogens is 436 g/mol. The molecule has 1 aromatic carbocycles. The van der Waals surface area contributed by atoms with E-state index in [1.54, 1.807) is 37.4 Å². The van der Waals surface area contributed by atoms with E-state index in [-0.39, 0.29) is 10.7 Å². The summed E-state index contributed by atoms with van der Waals surface area (Å²) in [6.07, 6.45) is 1.45. The van der Waals surface area contributed by atoms with Gasteiger partial charge in [-0.1, -0.05) is 30.3 Å². The summed E-state index contributed by atoms with van der Waals surface area (Å²) in [4.78, 5) is 36.9. The van der Waals surface area contributed by atoms with Gasteiger partial charge in [0.1, 0.15) is 12.1 Å². The van der Waals surface area contributed by atoms with Crippen molar-refractivity contribution in [3.05, 3.63) is 35.9 Å². The van der Waals surface area contributed by atoms with Crippen molar-refractivity contribution < 1.29 is 24.2 Å². The van der Waals surface area contributed by atoms with Crippen molar-refractivity contribution in [3.63, 3.8) is 0 Å². The van der Waals surface area contributed by atoms with Crippen LogP contribution >= 0.6 is 23.5 Å². The molecule has 3 atom stereocenters. The molecule has 1 saturated heterocycles. The zero-order valence-electron chi connectivity index (χ0n) is 18.3. The van der Waals surface area contributed by atoms with E-state index in [4.69, 9.17) is 4.74 Å². The molecule has 1 fully saturated rings. The van der Waals surface area contributed by atoms with E-state index in [9.17, 15) is 19.5 Å². The molecule has 2 rings (SSSR count). The summed E-state index contributed by atoms with van der Waals surface area (Å²) in [6, 6.07) is 7.37. The van der Waals surface area contributed by atoms with Crippen molar-refractivity contribution in [2.24, 2.45) is 0 Å². The monoisotopic (exact) mass is 468 g/mol. The van der Waals surface area contributed by atoms with E-state index in [0.717, 1.165) is 17.1 Å². The van der Waals surface area contributed by atoms with Crippen LogP contribution in [0.5, 0.6) is 0 Å². The summed E-state index contributed by atoms with van der Waals surface area (Å²) < 4.78 is 4.94. The molecule has 1 aromatic rings. The van der Waals surface area contributed by atoms with Crippen molar-refractivity contribution in [1.29, 1.82) is 0 Å². The van der Waals surface area contributed by atoms with Gasteiger partial charge in [-0.2, -0.15) is 0 Å². The van der Waals surface area contributed by atoms with E-state index in [1.807, 2.05) is 37.3 Å². The zero-order chi connectivity index (χ0) is 22.9. The highest BCUT2D eigenvalue weighted by molar-refractivity contribution is 8.21. The molecule has 0 spiro atoms. The maximum Gasteiger partial charge on any atom is 0.326 e. The van der Waals surface area contributed by atoms with Crippen LogP contribution < -0.4 is 10.6 Å². The second-order valence-electron chi connectivity index (χ2n) is 7.65. The van der Waals surface area contributed by atoms with Crippen LogP contribution in [0.3, 0.4) is 0 Å². The third-order valence-corrected chi connectivity index (χ3v) is 8.40. The van der Waals surface area contributed by atoms with E-state index in [2.05, 4.69) is 10.6 Å². The van der Waals surface area contributed by atoms with Gasteiger partial charge in [0, 0.05) is 17.9 Å². The Bertz CT molecular complexity index is 741. The molecule has 1 aliphatic rings. The van der Waals surface area contributed by atoms with Crippen LogP contribution in [0.25, 0.3) is 0 Å². The quantitative estimate of drug-likeness (QED) is 0.402. The molecule has 0 aliphatic carbocycles. The van der Waals surface area contributed by atoms with E-state index < -0.39 is 36.0 Å². The number of nitrogens with one attached hydrogen (secondary N) is 2. The SMILES string of the molecule is CCOC(=O)C(CCc1ccccc1)N[C@@H](C)C(=O)N[C@@H](CC1(C)SCCS1)C(=O)O. The fourth-order valence-electron chi connectivity index (χ4n) is 3.39. The van der Waals surface area contributed by atoms with Crippen LogP contribution in [0.1, 0.15) is 39.2 Å². The van der Waals surface area contributed by atoms with Crippen molar-refractivity contribution in [3.8, 4) is 0 Å². The van der Waals surface area contributed by atoms with Crippen LogP contribution in [-0.2, 0) is 25.5 Å². The van der Waals surface area contributed by atoms with Gasteiger partial charge in [0.05, 0.1) is 16.7 Å². The maximum atomic E-state index is 12.7. The van der Waals surface area contributed by atoms with E-state index in [0.29, 0.717) is 19.3 Å². The van der Waals surface area contributed by atoms with Crippen molar-refractivity contribution in [2.75, 3.05) is 18.1 Å². The Morgan fingerprint density at radius 2 is 1.81 bits per heavy atom. The third-order valence-electron chi connectivity index (χ3n) is 5.07. The molecule has 1 unspecified atom stereocenters. The highest BCUT2D eigenvalue weighted by atomic mass is 32.2. The number of carboxylic acid groups (broad SMARTS) is 1. The lowest BCUT2D eigenvalue weighted by Crippen LogP contribution is -2.54. The second kappa shape index (κ2) is 12.4. The topological polar surface area (TPSA) is 105 Å². The van der Waals surface area contributed by atoms with Gasteiger partial charge in [0.15, 0.2) is 0 Å². The van der Waals surface area contributed by atoms with Crippen LogP contribution in [0.4, 0.5) is 0 Å². The molecule has 7 nitrogen and oxygen atoms in total. The van der Waals surface area contributed by atoms with Crippen molar-refractivity contribution in [2.45, 2.75) is 62.2 Å². The predicted molar refractivity (Wildman–Crippen MR) is 125 cm³/mol. The van der Waals surface area contributed by atoms with Gasteiger partial charge in [-0.05, 0) is 39.2 Å². The fourth-order valence-corrected chi connectivity index (χ4v) is 6.32. The van der Waals surface area contributed by atoms with Gasteiger partial charge in [-0.3, -0.25) is 14.9 Å². The number of amides is 1. The standard InChI is InChI=1S/C22H32N2O5S2/c1-4-29-21(28)17(11-10-16-8-6-5-7-9-16)23-15(2)19(25)24-18(20(26)27)14-22(3)30-12-13-31-22/h5-9,15,17-18,23H,4,10-14H2,1-3H3,(H,24,25)(H,26,27)/t15-,17?,18-/m0/s1. The normalized spacial score (nSPS) is 18.0. The number of esters is 1. The molecule has 0 saturated carbocycles. The number of aryl methyl sites for hydroxylation is 1. The molecular formula is C22H32N2O5S2. The Morgan fingerprint density at radius 3 is 2.39 bits per heavy atom. The molecule has 1 heterocycles. The van der Waals surface area contributed by atoms with Crippen LogP contribution in [-0.4, -0.2) is 63.3 Å². The van der Waals surface area contributed by atoms with Gasteiger partial charge in [0.25, 0.3) is 0 Å². The number of carboxylic acids is 1. The average molecular weight is 469 g/mol. The minimum atomic E-state index is -1.05. The molecule has 0 radical (unpaired) electrons. The lowest BCUT2D eigenvalue weighted by Gasteiger charge is -2.28. The summed E-state index contributed by atoms with van der Waals surface area (Å²) in [7, 11) is 0. The largest absolute Gasteiger partial charge is 0.480 e. The first-order valence-electron chi connectivity index (χ1n) is 10.5. The van der Waals surface area contributed by atoms with Gasteiger partial charge < -0.3 is 15.2 Å². The number of thioether (sulfide) groups is 2. The molecule has 3 N–H and O–H groups in total. The molecule has 172 valence electrons. The number of hydrogen-bond donors (Lipinski definition) is 3. The fraction of sp³-hybridized carbons (Fsp3) is 0.591. The van der Waals surface area contributed by atoms with E-state index >= 15 is 0 Å². The summed E-state index contributed by atoms with van der Waals surface area (Å²) in [6.45, 7) is 5.63. The Morgan fingerprint density at radius 1 is 1.16 bits per heavy atom. The first-order valence-corrected chi connectivity index (χ1v) is 12.5. The number of carbonyl (C=O) groups is 3. The average Bonchev–Trinajstić information content (AvgIpc) is 3.17. The van der Waals surface area contributed by atoms with Crippen molar-refractivity contribution in [1.82, 2.24) is 10.6 Å². The first-order chi connectivity index (χ1) is 14.7. The molecule has 0 aromatic heterocycles. The third kappa shape index (κ3) is 8.38. The lowest BCUT2D eigenvalue weighted by molar-refractivity contribution is -0.147. The van der Waals surface area contributed by atoms with Gasteiger partial charge >= 0.3 is 11.9 Å².